The quantitative estimate of drug-likeness (QED) is 0.725. The molecule has 5 nitrogen and oxygen atoms in total. The van der Waals surface area contributed by atoms with Crippen LogP contribution in [-0.4, -0.2) is 24.9 Å². The standard InChI is InChI=1S/C21H24FN3O2/c1-3-25(4-2)16-11-9-15(10-12-16)23-19(26)21(13-14-21)20(27)24-18-8-6-5-7-17(18)22/h5-12H,3-4,13-14H2,1-2H3,(H,23,26)(H,24,27). The molecule has 0 aromatic heterocycles. The van der Waals surface area contributed by atoms with Crippen LogP contribution in [0.2, 0.25) is 0 Å². The molecule has 0 radical (unpaired) electrons. The Balaban J connectivity index is 1.66. The van der Waals surface area contributed by atoms with Crippen molar-refractivity contribution in [3.63, 3.8) is 0 Å². The van der Waals surface area contributed by atoms with Crippen LogP contribution in [0.1, 0.15) is 26.7 Å². The van der Waals surface area contributed by atoms with Crippen molar-refractivity contribution in [3.8, 4) is 0 Å². The summed E-state index contributed by atoms with van der Waals surface area (Å²) in [6.07, 6.45) is 0.910. The fraction of sp³-hybridized carbons (Fsp3) is 0.333. The van der Waals surface area contributed by atoms with Crippen molar-refractivity contribution in [1.29, 1.82) is 0 Å². The molecule has 1 saturated carbocycles. The number of anilines is 3. The number of rotatable bonds is 7. The summed E-state index contributed by atoms with van der Waals surface area (Å²) in [6, 6.07) is 13.5. The fourth-order valence-corrected chi connectivity index (χ4v) is 3.08. The number of nitrogens with zero attached hydrogens (tertiary/aromatic N) is 1. The number of hydrogen-bond acceptors (Lipinski definition) is 3. The lowest BCUT2D eigenvalue weighted by molar-refractivity contribution is -0.131. The van der Waals surface area contributed by atoms with Gasteiger partial charge >= 0.3 is 0 Å². The number of benzene rings is 2. The van der Waals surface area contributed by atoms with Gasteiger partial charge in [0.1, 0.15) is 11.2 Å². The van der Waals surface area contributed by atoms with Crippen LogP contribution >= 0.6 is 0 Å². The average Bonchev–Trinajstić information content (AvgIpc) is 3.48. The van der Waals surface area contributed by atoms with Crippen molar-refractivity contribution in [2.24, 2.45) is 5.41 Å². The Morgan fingerprint density at radius 3 is 2.11 bits per heavy atom. The Bertz CT molecular complexity index is 828. The Morgan fingerprint density at radius 2 is 1.56 bits per heavy atom. The van der Waals surface area contributed by atoms with Crippen LogP contribution in [0, 0.1) is 11.2 Å². The minimum Gasteiger partial charge on any atom is -0.372 e. The van der Waals surface area contributed by atoms with Gasteiger partial charge in [-0.3, -0.25) is 9.59 Å². The van der Waals surface area contributed by atoms with Crippen LogP contribution in [-0.2, 0) is 9.59 Å². The Kier molecular flexibility index (Phi) is 5.44. The highest BCUT2D eigenvalue weighted by atomic mass is 19.1. The third kappa shape index (κ3) is 3.94. The maximum atomic E-state index is 13.7. The van der Waals surface area contributed by atoms with Crippen molar-refractivity contribution in [3.05, 3.63) is 54.3 Å². The van der Waals surface area contributed by atoms with Gasteiger partial charge in [-0.15, -0.1) is 0 Å². The summed E-state index contributed by atoms with van der Waals surface area (Å²) in [6.45, 7) is 5.98. The molecule has 0 bridgehead atoms. The van der Waals surface area contributed by atoms with E-state index in [2.05, 4.69) is 29.4 Å². The minimum atomic E-state index is -1.13. The number of nitrogens with one attached hydrogen (secondary N) is 2. The number of carbonyl (C=O) groups excluding carboxylic acids is 2. The van der Waals surface area contributed by atoms with Crippen LogP contribution in [0.25, 0.3) is 0 Å². The maximum absolute atomic E-state index is 13.7. The largest absolute Gasteiger partial charge is 0.372 e. The molecule has 3 rings (SSSR count). The summed E-state index contributed by atoms with van der Waals surface area (Å²) in [4.78, 5) is 27.4. The average molecular weight is 369 g/mol. The number of halogens is 1. The first kappa shape index (κ1) is 18.9. The van der Waals surface area contributed by atoms with Gasteiger partial charge in [0.15, 0.2) is 0 Å². The lowest BCUT2D eigenvalue weighted by atomic mass is 10.0. The van der Waals surface area contributed by atoms with E-state index in [9.17, 15) is 14.0 Å². The highest BCUT2D eigenvalue weighted by molar-refractivity contribution is 6.16. The van der Waals surface area contributed by atoms with Crippen molar-refractivity contribution in [2.75, 3.05) is 28.6 Å². The van der Waals surface area contributed by atoms with Gasteiger partial charge in [-0.2, -0.15) is 0 Å². The van der Waals surface area contributed by atoms with Crippen molar-refractivity contribution < 1.29 is 14.0 Å². The normalized spacial score (nSPS) is 14.3. The number of hydrogen-bond donors (Lipinski definition) is 2. The van der Waals surface area contributed by atoms with E-state index in [-0.39, 0.29) is 11.6 Å². The van der Waals surface area contributed by atoms with Gasteiger partial charge < -0.3 is 15.5 Å². The van der Waals surface area contributed by atoms with E-state index in [0.717, 1.165) is 18.8 Å². The smallest absolute Gasteiger partial charge is 0.240 e. The zero-order valence-electron chi connectivity index (χ0n) is 15.6. The van der Waals surface area contributed by atoms with Gasteiger partial charge in [-0.25, -0.2) is 4.39 Å². The van der Waals surface area contributed by atoms with Crippen molar-refractivity contribution in [2.45, 2.75) is 26.7 Å². The molecule has 0 saturated heterocycles. The Labute approximate surface area is 158 Å². The maximum Gasteiger partial charge on any atom is 0.240 e. The molecule has 0 aliphatic heterocycles. The predicted molar refractivity (Wildman–Crippen MR) is 105 cm³/mol. The Morgan fingerprint density at radius 1 is 0.963 bits per heavy atom. The first-order chi connectivity index (χ1) is 13.0. The monoisotopic (exact) mass is 369 g/mol. The van der Waals surface area contributed by atoms with Crippen molar-refractivity contribution in [1.82, 2.24) is 0 Å². The van der Waals surface area contributed by atoms with E-state index in [4.69, 9.17) is 0 Å². The van der Waals surface area contributed by atoms with Crippen LogP contribution < -0.4 is 15.5 Å². The third-order valence-electron chi connectivity index (χ3n) is 5.00. The van der Waals surface area contributed by atoms with Crippen LogP contribution in [0.3, 0.4) is 0 Å². The summed E-state index contributed by atoms with van der Waals surface area (Å²) in [5.41, 5.74) is 0.683. The topological polar surface area (TPSA) is 61.4 Å². The fourth-order valence-electron chi connectivity index (χ4n) is 3.08. The lowest BCUT2D eigenvalue weighted by Crippen LogP contribution is -2.35. The number of amides is 2. The SMILES string of the molecule is CCN(CC)c1ccc(NC(=O)C2(C(=O)Nc3ccccc3F)CC2)cc1. The van der Waals surface area contributed by atoms with E-state index in [1.807, 2.05) is 24.3 Å². The molecule has 2 aromatic carbocycles. The second kappa shape index (κ2) is 7.78. The first-order valence-corrected chi connectivity index (χ1v) is 9.22. The molecule has 1 aliphatic carbocycles. The van der Waals surface area contributed by atoms with Gasteiger partial charge in [-0.05, 0) is 63.1 Å². The predicted octanol–water partition coefficient (Wildman–Crippen LogP) is 4.03. The van der Waals surface area contributed by atoms with Crippen LogP contribution in [0.5, 0.6) is 0 Å². The molecule has 2 amide bonds. The van der Waals surface area contributed by atoms with Gasteiger partial charge in [0.05, 0.1) is 5.69 Å². The van der Waals surface area contributed by atoms with E-state index in [1.165, 1.54) is 12.1 Å². The van der Waals surface area contributed by atoms with E-state index < -0.39 is 17.1 Å². The lowest BCUT2D eigenvalue weighted by Gasteiger charge is -2.21. The Hall–Kier alpha value is -2.89. The molecule has 1 aliphatic rings. The molecule has 2 aromatic rings. The van der Waals surface area contributed by atoms with Gasteiger partial charge in [-0.1, -0.05) is 12.1 Å². The molecular weight excluding hydrogens is 345 g/mol. The molecular formula is C21H24FN3O2. The molecule has 0 heterocycles. The number of para-hydroxylation sites is 1. The molecule has 1 fully saturated rings. The summed E-state index contributed by atoms with van der Waals surface area (Å²) < 4.78 is 13.7. The summed E-state index contributed by atoms with van der Waals surface area (Å²) in [5.74, 6) is -1.34. The molecule has 6 heteroatoms. The third-order valence-corrected chi connectivity index (χ3v) is 5.00. The zero-order chi connectivity index (χ0) is 19.4. The molecule has 0 unspecified atom stereocenters. The highest BCUT2D eigenvalue weighted by Crippen LogP contribution is 2.47. The minimum absolute atomic E-state index is 0.0881. The first-order valence-electron chi connectivity index (χ1n) is 9.22. The summed E-state index contributed by atoms with van der Waals surface area (Å²) in [7, 11) is 0. The summed E-state index contributed by atoms with van der Waals surface area (Å²) in [5, 5.41) is 5.35. The molecule has 142 valence electrons. The van der Waals surface area contributed by atoms with Crippen LogP contribution in [0.4, 0.5) is 21.5 Å². The second-order valence-corrected chi connectivity index (χ2v) is 6.69. The van der Waals surface area contributed by atoms with E-state index in [1.54, 1.807) is 12.1 Å². The zero-order valence-corrected chi connectivity index (χ0v) is 15.6. The molecule has 27 heavy (non-hydrogen) atoms. The molecule has 0 spiro atoms. The van der Waals surface area contributed by atoms with Gasteiger partial charge in [0.25, 0.3) is 0 Å². The van der Waals surface area contributed by atoms with E-state index >= 15 is 0 Å². The highest BCUT2D eigenvalue weighted by Gasteiger charge is 2.56. The molecule has 0 atom stereocenters. The van der Waals surface area contributed by atoms with Crippen molar-refractivity contribution >= 4 is 28.9 Å². The molecule has 2 N–H and O–H groups in total. The van der Waals surface area contributed by atoms with Gasteiger partial charge in [0, 0.05) is 24.5 Å². The second-order valence-electron chi connectivity index (χ2n) is 6.69. The van der Waals surface area contributed by atoms with Gasteiger partial charge in [0.2, 0.25) is 11.8 Å². The van der Waals surface area contributed by atoms with E-state index in [0.29, 0.717) is 18.5 Å². The summed E-state index contributed by atoms with van der Waals surface area (Å²) >= 11 is 0. The number of carbonyl (C=O) groups is 2. The van der Waals surface area contributed by atoms with Crippen LogP contribution in [0.15, 0.2) is 48.5 Å².